The molecule has 0 N–H and O–H groups in total. The van der Waals surface area contributed by atoms with Crippen LogP contribution in [-0.2, 0) is 4.57 Å². The van der Waals surface area contributed by atoms with Crippen LogP contribution in [0.25, 0.3) is 0 Å². The zero-order chi connectivity index (χ0) is 6.62. The number of hydrogen-bond acceptors (Lipinski definition) is 1. The molecule has 0 amide bonds. The van der Waals surface area contributed by atoms with Crippen molar-refractivity contribution in [3.8, 4) is 0 Å². The summed E-state index contributed by atoms with van der Waals surface area (Å²) in [7, 11) is -1.94. The summed E-state index contributed by atoms with van der Waals surface area (Å²) in [5.41, 5.74) is 0. The summed E-state index contributed by atoms with van der Waals surface area (Å²) in [6.45, 7) is 2.00. The van der Waals surface area contributed by atoms with E-state index < -0.39 is 7.14 Å². The van der Waals surface area contributed by atoms with E-state index in [0.29, 0.717) is 11.2 Å². The Morgan fingerprint density at radius 1 is 2.00 bits per heavy atom. The van der Waals surface area contributed by atoms with Gasteiger partial charge < -0.3 is 4.57 Å². The fraction of sp³-hybridized carbons (Fsp3) is 1.00. The van der Waals surface area contributed by atoms with Crippen LogP contribution in [0.1, 0.15) is 8.27 Å². The summed E-state index contributed by atoms with van der Waals surface area (Å²) >= 11 is 3.13. The first kappa shape index (κ1) is 5.84. The third kappa shape index (κ3) is 3.31. The van der Waals surface area contributed by atoms with Crippen LogP contribution >= 0.6 is 23.1 Å². The standard InChI is InChI=1S/C4H10BrOP/c1-3-7(2,6)4-5/h3-4H2,1-2H3/i1D. The quantitative estimate of drug-likeness (QED) is 0.477. The number of halogens is 1. The van der Waals surface area contributed by atoms with Crippen LogP contribution in [-0.4, -0.2) is 17.9 Å². The summed E-state index contributed by atoms with van der Waals surface area (Å²) in [6.07, 6.45) is 0.540. The molecule has 0 aromatic carbocycles. The molecule has 0 saturated heterocycles. The van der Waals surface area contributed by atoms with E-state index in [9.17, 15) is 4.57 Å². The fourth-order valence-electron chi connectivity index (χ4n) is 0.0598. The first-order valence-electron chi connectivity index (χ1n) is 2.74. The Hall–Kier alpha value is 0.710. The van der Waals surface area contributed by atoms with Crippen LogP contribution in [0.15, 0.2) is 0 Å². The van der Waals surface area contributed by atoms with E-state index in [2.05, 4.69) is 15.9 Å². The van der Waals surface area contributed by atoms with E-state index in [1.165, 1.54) is 0 Å². The minimum absolute atomic E-state index is 0.277. The molecule has 0 aliphatic heterocycles. The SMILES string of the molecule is [2H]CCP(C)(=O)CBr. The predicted octanol–water partition coefficient (Wildman–Crippen LogP) is 2.35. The Morgan fingerprint density at radius 2 is 2.57 bits per heavy atom. The summed E-state index contributed by atoms with van der Waals surface area (Å²) in [5.74, 6) is 0. The van der Waals surface area contributed by atoms with E-state index in [4.69, 9.17) is 1.37 Å². The Bertz CT molecular complexity index is 106. The fourth-order valence-corrected chi connectivity index (χ4v) is 0.932. The molecule has 0 bridgehead atoms. The van der Waals surface area contributed by atoms with Crippen molar-refractivity contribution in [3.63, 3.8) is 0 Å². The van der Waals surface area contributed by atoms with Crippen molar-refractivity contribution in [3.05, 3.63) is 0 Å². The van der Waals surface area contributed by atoms with Crippen molar-refractivity contribution in [1.29, 1.82) is 0 Å². The molecule has 7 heavy (non-hydrogen) atoms. The average molecular weight is 186 g/mol. The van der Waals surface area contributed by atoms with Crippen molar-refractivity contribution >= 4 is 23.1 Å². The van der Waals surface area contributed by atoms with Gasteiger partial charge in [0, 0.05) is 1.37 Å². The van der Waals surface area contributed by atoms with Gasteiger partial charge in [0.2, 0.25) is 0 Å². The molecule has 1 atom stereocenters. The minimum Gasteiger partial charge on any atom is -0.323 e. The molecule has 0 aliphatic carbocycles. The molecular formula is C4H10BrOP. The average Bonchev–Trinajstić information content (AvgIpc) is 1.67. The molecule has 0 rings (SSSR count). The van der Waals surface area contributed by atoms with Gasteiger partial charge in [-0.1, -0.05) is 22.8 Å². The molecule has 0 spiro atoms. The van der Waals surface area contributed by atoms with Gasteiger partial charge in [0.25, 0.3) is 0 Å². The highest BCUT2D eigenvalue weighted by atomic mass is 79.9. The van der Waals surface area contributed by atoms with Crippen LogP contribution < -0.4 is 0 Å². The lowest BCUT2D eigenvalue weighted by molar-refractivity contribution is 0.582. The maximum absolute atomic E-state index is 11.0. The largest absolute Gasteiger partial charge is 0.323 e. The minimum atomic E-state index is -1.94. The summed E-state index contributed by atoms with van der Waals surface area (Å²) < 4.78 is 17.8. The van der Waals surface area contributed by atoms with Gasteiger partial charge in [-0.3, -0.25) is 0 Å². The molecule has 0 aliphatic rings. The molecule has 1 unspecified atom stereocenters. The summed E-state index contributed by atoms with van der Waals surface area (Å²) in [6, 6.07) is 0. The first-order valence-corrected chi connectivity index (χ1v) is 5.68. The van der Waals surface area contributed by atoms with Gasteiger partial charge in [-0.2, -0.15) is 0 Å². The lowest BCUT2D eigenvalue weighted by Crippen LogP contribution is -1.80. The third-order valence-electron chi connectivity index (χ3n) is 0.726. The Balaban J connectivity index is 3.55. The molecule has 0 aromatic heterocycles. The smallest absolute Gasteiger partial charge is 0.0946 e. The molecule has 0 saturated carbocycles. The second kappa shape index (κ2) is 2.88. The van der Waals surface area contributed by atoms with Gasteiger partial charge in [0.15, 0.2) is 0 Å². The maximum atomic E-state index is 11.0. The highest BCUT2D eigenvalue weighted by Crippen LogP contribution is 2.41. The topological polar surface area (TPSA) is 17.1 Å². The number of rotatable bonds is 2. The number of hydrogen-bond donors (Lipinski definition) is 0. The van der Waals surface area contributed by atoms with Gasteiger partial charge in [0.05, 0.1) is 12.2 Å². The molecule has 0 aromatic rings. The normalized spacial score (nSPS) is 20.6. The first-order chi connectivity index (χ1) is 3.62. The number of alkyl halides is 1. The van der Waals surface area contributed by atoms with Crippen molar-refractivity contribution < 1.29 is 5.94 Å². The predicted molar refractivity (Wildman–Crippen MR) is 37.9 cm³/mol. The highest BCUT2D eigenvalue weighted by molar-refractivity contribution is 9.10. The van der Waals surface area contributed by atoms with Gasteiger partial charge in [-0.15, -0.1) is 0 Å². The maximum Gasteiger partial charge on any atom is 0.0946 e. The van der Waals surface area contributed by atoms with Crippen molar-refractivity contribution in [2.45, 2.75) is 6.90 Å². The lowest BCUT2D eigenvalue weighted by Gasteiger charge is -2.01. The van der Waals surface area contributed by atoms with Crippen LogP contribution in [0, 0.1) is 0 Å². The zero-order valence-electron chi connectivity index (χ0n) is 5.35. The molecular weight excluding hydrogens is 175 g/mol. The van der Waals surface area contributed by atoms with Gasteiger partial charge in [0.1, 0.15) is 0 Å². The Kier molecular flexibility index (Phi) is 2.41. The third-order valence-corrected chi connectivity index (χ3v) is 5.36. The van der Waals surface area contributed by atoms with Crippen LogP contribution in [0.5, 0.6) is 0 Å². The molecule has 3 heteroatoms. The van der Waals surface area contributed by atoms with Gasteiger partial charge in [-0.05, 0) is 12.8 Å². The zero-order valence-corrected chi connectivity index (χ0v) is 6.84. The van der Waals surface area contributed by atoms with Crippen LogP contribution in [0.2, 0.25) is 0 Å². The molecule has 0 fully saturated rings. The second-order valence-electron chi connectivity index (χ2n) is 1.64. The van der Waals surface area contributed by atoms with Gasteiger partial charge in [-0.25, -0.2) is 0 Å². The van der Waals surface area contributed by atoms with E-state index in [-0.39, 0.29) is 6.90 Å². The van der Waals surface area contributed by atoms with E-state index in [1.807, 2.05) is 0 Å². The summed E-state index contributed by atoms with van der Waals surface area (Å²) in [4.78, 5) is 0. The molecule has 0 heterocycles. The molecule has 44 valence electrons. The van der Waals surface area contributed by atoms with Crippen LogP contribution in [0.3, 0.4) is 0 Å². The van der Waals surface area contributed by atoms with Crippen molar-refractivity contribution in [2.24, 2.45) is 0 Å². The van der Waals surface area contributed by atoms with Gasteiger partial charge >= 0.3 is 0 Å². The summed E-state index contributed by atoms with van der Waals surface area (Å²) in [5, 5.41) is 0.554. The lowest BCUT2D eigenvalue weighted by atomic mass is 11.0. The van der Waals surface area contributed by atoms with E-state index >= 15 is 0 Å². The van der Waals surface area contributed by atoms with E-state index in [0.717, 1.165) is 0 Å². The monoisotopic (exact) mass is 185 g/mol. The Morgan fingerprint density at radius 3 is 2.71 bits per heavy atom. The van der Waals surface area contributed by atoms with E-state index in [1.54, 1.807) is 6.66 Å². The molecule has 1 nitrogen and oxygen atoms in total. The van der Waals surface area contributed by atoms with Crippen molar-refractivity contribution in [1.82, 2.24) is 0 Å². The van der Waals surface area contributed by atoms with Crippen molar-refractivity contribution in [2.75, 3.05) is 17.9 Å². The van der Waals surface area contributed by atoms with Crippen LogP contribution in [0.4, 0.5) is 0 Å². The second-order valence-corrected chi connectivity index (χ2v) is 6.42. The highest BCUT2D eigenvalue weighted by Gasteiger charge is 2.07. The molecule has 0 radical (unpaired) electrons. The Labute approximate surface area is 54.4 Å².